The van der Waals surface area contributed by atoms with Gasteiger partial charge in [0.25, 0.3) is 0 Å². The molecule has 1 aliphatic rings. The van der Waals surface area contributed by atoms with Gasteiger partial charge in [0.15, 0.2) is 0 Å². The Hall–Kier alpha value is -1.59. The molecule has 5 nitrogen and oxygen atoms in total. The first-order valence-corrected chi connectivity index (χ1v) is 7.65. The Labute approximate surface area is 131 Å². The first kappa shape index (κ1) is 16.8. The van der Waals surface area contributed by atoms with Crippen LogP contribution in [0, 0.1) is 0 Å². The normalized spacial score (nSPS) is 21.5. The highest BCUT2D eigenvalue weighted by atomic mass is 16.5. The van der Waals surface area contributed by atoms with Crippen LogP contribution in [0.25, 0.3) is 0 Å². The van der Waals surface area contributed by atoms with Crippen LogP contribution in [0.3, 0.4) is 0 Å². The Morgan fingerprint density at radius 1 is 1.27 bits per heavy atom. The molecule has 0 atom stereocenters. The first-order valence-electron chi connectivity index (χ1n) is 7.65. The fraction of sp³-hybridized carbons (Fsp3) is 0.588. The maximum Gasteiger partial charge on any atom is 0.224 e. The fourth-order valence-corrected chi connectivity index (χ4v) is 3.50. The number of hydrogen-bond donors (Lipinski definition) is 2. The van der Waals surface area contributed by atoms with Gasteiger partial charge in [0.1, 0.15) is 5.75 Å². The van der Waals surface area contributed by atoms with E-state index in [1.165, 1.54) is 0 Å². The number of carbonyl (C=O) groups is 1. The monoisotopic (exact) mass is 305 g/mol. The van der Waals surface area contributed by atoms with Crippen LogP contribution in [-0.4, -0.2) is 33.2 Å². The van der Waals surface area contributed by atoms with Crippen molar-refractivity contribution in [2.24, 2.45) is 0 Å². The molecule has 1 saturated heterocycles. The van der Waals surface area contributed by atoms with Gasteiger partial charge >= 0.3 is 0 Å². The lowest BCUT2D eigenvalue weighted by atomic mass is 9.79. The number of aromatic hydroxyl groups is 1. The Balaban J connectivity index is 2.00. The van der Waals surface area contributed by atoms with Gasteiger partial charge in [-0.3, -0.25) is 4.79 Å². The third-order valence-electron chi connectivity index (χ3n) is 4.23. The van der Waals surface area contributed by atoms with Crippen molar-refractivity contribution in [1.82, 2.24) is 10.4 Å². The van der Waals surface area contributed by atoms with Crippen LogP contribution in [-0.2, 0) is 16.4 Å². The van der Waals surface area contributed by atoms with Crippen molar-refractivity contribution in [2.45, 2.75) is 64.1 Å². The Kier molecular flexibility index (Phi) is 4.49. The summed E-state index contributed by atoms with van der Waals surface area (Å²) in [7, 11) is 0. The second-order valence-electron chi connectivity index (χ2n) is 7.44. The summed E-state index contributed by atoms with van der Waals surface area (Å²) < 4.78 is 0. The van der Waals surface area contributed by atoms with Crippen molar-refractivity contribution in [3.8, 4) is 5.75 Å². The molecular weight excluding hydrogens is 280 g/mol. The molecule has 1 aromatic carbocycles. The van der Waals surface area contributed by atoms with Gasteiger partial charge in [0, 0.05) is 17.1 Å². The maximum atomic E-state index is 12.3. The summed E-state index contributed by atoms with van der Waals surface area (Å²) in [5, 5.41) is 25.9. The molecule has 0 spiro atoms. The summed E-state index contributed by atoms with van der Waals surface area (Å²) in [6.07, 6.45) is 1.49. The SMILES string of the molecule is CC1(C)CC(NC(=O)Cc2cccc(O)c2)CC(C)(C)N1[O]. The van der Waals surface area contributed by atoms with Crippen LogP contribution in [0.2, 0.25) is 0 Å². The molecule has 1 radical (unpaired) electrons. The van der Waals surface area contributed by atoms with Gasteiger partial charge in [-0.1, -0.05) is 12.1 Å². The van der Waals surface area contributed by atoms with Crippen LogP contribution < -0.4 is 5.32 Å². The van der Waals surface area contributed by atoms with Crippen LogP contribution in [0.4, 0.5) is 0 Å². The zero-order chi connectivity index (χ0) is 16.5. The first-order chi connectivity index (χ1) is 10.1. The van der Waals surface area contributed by atoms with Gasteiger partial charge < -0.3 is 10.4 Å². The summed E-state index contributed by atoms with van der Waals surface area (Å²) in [6, 6.07) is 6.69. The average molecular weight is 305 g/mol. The number of nitrogens with zero attached hydrogens (tertiary/aromatic N) is 1. The molecule has 0 aliphatic carbocycles. The second kappa shape index (κ2) is 5.89. The topological polar surface area (TPSA) is 72.5 Å². The molecule has 121 valence electrons. The summed E-state index contributed by atoms with van der Waals surface area (Å²) in [4.78, 5) is 12.2. The third-order valence-corrected chi connectivity index (χ3v) is 4.23. The molecule has 1 heterocycles. The number of rotatable bonds is 3. The molecular formula is C17H25N2O3. The molecule has 1 amide bonds. The summed E-state index contributed by atoms with van der Waals surface area (Å²) in [6.45, 7) is 7.65. The van der Waals surface area contributed by atoms with E-state index in [0.717, 1.165) is 10.6 Å². The molecule has 0 saturated carbocycles. The van der Waals surface area contributed by atoms with E-state index in [0.29, 0.717) is 12.8 Å². The van der Waals surface area contributed by atoms with Crippen LogP contribution in [0.5, 0.6) is 5.75 Å². The van der Waals surface area contributed by atoms with Gasteiger partial charge in [0.2, 0.25) is 5.91 Å². The zero-order valence-electron chi connectivity index (χ0n) is 13.7. The average Bonchev–Trinajstić information content (AvgIpc) is 2.34. The Bertz CT molecular complexity index is 537. The fourth-order valence-electron chi connectivity index (χ4n) is 3.50. The molecule has 22 heavy (non-hydrogen) atoms. The van der Waals surface area contributed by atoms with Crippen LogP contribution in [0.1, 0.15) is 46.1 Å². The van der Waals surface area contributed by atoms with Gasteiger partial charge in [-0.2, -0.15) is 0 Å². The molecule has 2 rings (SSSR count). The van der Waals surface area contributed by atoms with Gasteiger partial charge in [0.05, 0.1) is 6.42 Å². The van der Waals surface area contributed by atoms with Crippen molar-refractivity contribution in [3.63, 3.8) is 0 Å². The molecule has 1 fully saturated rings. The second-order valence-corrected chi connectivity index (χ2v) is 7.44. The third kappa shape index (κ3) is 3.78. The van der Waals surface area contributed by atoms with E-state index in [4.69, 9.17) is 0 Å². The van der Waals surface area contributed by atoms with E-state index in [2.05, 4.69) is 5.32 Å². The number of piperidine rings is 1. The number of phenolic OH excluding ortho intramolecular Hbond substituents is 1. The summed E-state index contributed by atoms with van der Waals surface area (Å²) in [5.41, 5.74) is -0.215. The lowest BCUT2D eigenvalue weighted by Crippen LogP contribution is -2.62. The highest BCUT2D eigenvalue weighted by Crippen LogP contribution is 2.36. The van der Waals surface area contributed by atoms with E-state index < -0.39 is 11.1 Å². The van der Waals surface area contributed by atoms with Crippen molar-refractivity contribution in [2.75, 3.05) is 0 Å². The van der Waals surface area contributed by atoms with Crippen molar-refractivity contribution >= 4 is 5.91 Å². The van der Waals surface area contributed by atoms with Crippen LogP contribution >= 0.6 is 0 Å². The van der Waals surface area contributed by atoms with E-state index >= 15 is 0 Å². The minimum Gasteiger partial charge on any atom is -0.508 e. The number of hydroxylamine groups is 2. The quantitative estimate of drug-likeness (QED) is 0.901. The predicted octanol–water partition coefficient (Wildman–Crippen LogP) is 2.42. The van der Waals surface area contributed by atoms with E-state index in [9.17, 15) is 15.1 Å². The number of carbonyl (C=O) groups excluding carboxylic acids is 1. The summed E-state index contributed by atoms with van der Waals surface area (Å²) >= 11 is 0. The molecule has 1 aromatic rings. The minimum atomic E-state index is -0.495. The minimum absolute atomic E-state index is 0.0139. The molecule has 2 N–H and O–H groups in total. The number of phenols is 1. The highest BCUT2D eigenvalue weighted by molar-refractivity contribution is 5.79. The summed E-state index contributed by atoms with van der Waals surface area (Å²) in [5.74, 6) is 0.0776. The number of benzene rings is 1. The molecule has 5 heteroatoms. The molecule has 1 aliphatic heterocycles. The smallest absolute Gasteiger partial charge is 0.224 e. The van der Waals surface area contributed by atoms with E-state index in [-0.39, 0.29) is 24.1 Å². The predicted molar refractivity (Wildman–Crippen MR) is 83.7 cm³/mol. The highest BCUT2D eigenvalue weighted by Gasteiger charge is 2.46. The van der Waals surface area contributed by atoms with Crippen molar-refractivity contribution < 1.29 is 15.1 Å². The molecule has 0 bridgehead atoms. The standard InChI is InChI=1S/C17H25N2O3/c1-16(2)10-13(11-17(3,4)19(16)22)18-15(21)9-12-6-5-7-14(20)8-12/h5-8,13,20H,9-11H2,1-4H3,(H,18,21). The largest absolute Gasteiger partial charge is 0.508 e. The maximum absolute atomic E-state index is 12.3. The molecule has 0 aromatic heterocycles. The van der Waals surface area contributed by atoms with Crippen molar-refractivity contribution in [1.29, 1.82) is 0 Å². The van der Waals surface area contributed by atoms with E-state index in [1.54, 1.807) is 18.2 Å². The Morgan fingerprint density at radius 3 is 2.41 bits per heavy atom. The van der Waals surface area contributed by atoms with E-state index in [1.807, 2.05) is 33.8 Å². The van der Waals surface area contributed by atoms with Gasteiger partial charge in [-0.05, 0) is 58.2 Å². The lowest BCUT2D eigenvalue weighted by Gasteiger charge is -2.50. The lowest BCUT2D eigenvalue weighted by molar-refractivity contribution is -0.290. The van der Waals surface area contributed by atoms with Crippen LogP contribution in [0.15, 0.2) is 24.3 Å². The Morgan fingerprint density at radius 2 is 1.86 bits per heavy atom. The van der Waals surface area contributed by atoms with Gasteiger partial charge in [-0.25, -0.2) is 0 Å². The molecule has 0 unspecified atom stereocenters. The van der Waals surface area contributed by atoms with Crippen molar-refractivity contribution in [3.05, 3.63) is 29.8 Å². The zero-order valence-corrected chi connectivity index (χ0v) is 13.7. The van der Waals surface area contributed by atoms with Gasteiger partial charge in [-0.15, -0.1) is 10.3 Å². The number of hydrogen-bond acceptors (Lipinski definition) is 3. The number of nitrogens with one attached hydrogen (secondary N) is 1. The number of amides is 1.